The second-order valence-electron chi connectivity index (χ2n) is 6.97. The first kappa shape index (κ1) is 19.4. The van der Waals surface area contributed by atoms with Gasteiger partial charge in [-0.3, -0.25) is 4.79 Å². The molecule has 0 saturated carbocycles. The number of ether oxygens (including phenoxy) is 2. The van der Waals surface area contributed by atoms with Crippen molar-refractivity contribution in [2.75, 3.05) is 14.2 Å². The Balaban J connectivity index is 1.54. The summed E-state index contributed by atoms with van der Waals surface area (Å²) in [5.74, 6) is 1.27. The fourth-order valence-electron chi connectivity index (χ4n) is 3.57. The normalized spacial score (nSPS) is 14.2. The van der Waals surface area contributed by atoms with Gasteiger partial charge in [0.05, 0.1) is 14.2 Å². The highest BCUT2D eigenvalue weighted by molar-refractivity contribution is 9.10. The summed E-state index contributed by atoms with van der Waals surface area (Å²) in [7, 11) is 3.18. The zero-order valence-electron chi connectivity index (χ0n) is 16.3. The van der Waals surface area contributed by atoms with E-state index in [0.717, 1.165) is 27.7 Å². The van der Waals surface area contributed by atoms with Crippen LogP contribution in [0.2, 0.25) is 0 Å². The molecule has 1 aliphatic rings. The number of Topliss-reactive ketones (excluding diaryl/α,β-unsaturated/α-hetero) is 1. The number of allylic oxidation sites excluding steroid dienone is 1. The highest BCUT2D eigenvalue weighted by atomic mass is 79.9. The lowest BCUT2D eigenvalue weighted by Crippen LogP contribution is -2.33. The Labute approximate surface area is 178 Å². The topological polar surface area (TPSA) is 39.4 Å². The van der Waals surface area contributed by atoms with Gasteiger partial charge in [-0.15, -0.1) is 0 Å². The smallest absolute Gasteiger partial charge is 0.189 e. The van der Waals surface area contributed by atoms with Crippen molar-refractivity contribution in [3.8, 4) is 11.5 Å². The molecule has 0 radical (unpaired) electrons. The fraction of sp³-hybridized carbons (Fsp3) is 0.167. The molecule has 4 nitrogen and oxygen atoms in total. The van der Waals surface area contributed by atoms with Gasteiger partial charge in [0.15, 0.2) is 36.2 Å². The van der Waals surface area contributed by atoms with E-state index in [9.17, 15) is 4.79 Å². The molecule has 3 aromatic rings. The predicted octanol–water partition coefficient (Wildman–Crippen LogP) is 4.62. The maximum Gasteiger partial charge on any atom is 0.189 e. The number of pyridine rings is 1. The zero-order valence-corrected chi connectivity index (χ0v) is 17.9. The van der Waals surface area contributed by atoms with Crippen LogP contribution in [0.5, 0.6) is 11.5 Å². The zero-order chi connectivity index (χ0) is 20.4. The van der Waals surface area contributed by atoms with Crippen molar-refractivity contribution in [3.05, 3.63) is 93.2 Å². The number of halogens is 1. The molecule has 4 rings (SSSR count). The summed E-state index contributed by atoms with van der Waals surface area (Å²) in [6, 6.07) is 16.0. The average molecular weight is 451 g/mol. The number of benzene rings is 2. The van der Waals surface area contributed by atoms with Crippen molar-refractivity contribution in [2.45, 2.75) is 13.0 Å². The molecular formula is C24H21BrNO3+. The van der Waals surface area contributed by atoms with E-state index >= 15 is 0 Å². The van der Waals surface area contributed by atoms with E-state index in [1.807, 2.05) is 48.8 Å². The number of carbonyl (C=O) groups is 1. The van der Waals surface area contributed by atoms with Crippen molar-refractivity contribution in [3.63, 3.8) is 0 Å². The Morgan fingerprint density at radius 1 is 1.03 bits per heavy atom. The second kappa shape index (κ2) is 8.21. The molecule has 0 saturated heterocycles. The Bertz CT molecular complexity index is 1100. The Morgan fingerprint density at radius 2 is 1.76 bits per heavy atom. The third-order valence-electron chi connectivity index (χ3n) is 5.04. The third kappa shape index (κ3) is 4.10. The molecule has 2 aromatic carbocycles. The Hall–Kier alpha value is -2.92. The van der Waals surface area contributed by atoms with Crippen LogP contribution in [-0.2, 0) is 13.0 Å². The van der Waals surface area contributed by atoms with Gasteiger partial charge in [-0.25, -0.2) is 4.57 Å². The van der Waals surface area contributed by atoms with E-state index in [1.54, 1.807) is 20.3 Å². The van der Waals surface area contributed by atoms with Crippen molar-refractivity contribution in [1.82, 2.24) is 0 Å². The molecule has 5 heteroatoms. The number of aromatic nitrogens is 1. The molecule has 29 heavy (non-hydrogen) atoms. The van der Waals surface area contributed by atoms with Crippen molar-refractivity contribution < 1.29 is 18.8 Å². The van der Waals surface area contributed by atoms with E-state index in [0.29, 0.717) is 23.5 Å². The minimum atomic E-state index is 0.0480. The van der Waals surface area contributed by atoms with Crippen LogP contribution < -0.4 is 14.0 Å². The number of hydrogen-bond acceptors (Lipinski definition) is 3. The molecule has 0 aliphatic heterocycles. The number of carbonyl (C=O) groups excluding carboxylic acids is 1. The van der Waals surface area contributed by atoms with Gasteiger partial charge in [-0.05, 0) is 41.5 Å². The van der Waals surface area contributed by atoms with Crippen LogP contribution in [0.1, 0.15) is 27.0 Å². The van der Waals surface area contributed by atoms with Crippen molar-refractivity contribution in [2.24, 2.45) is 0 Å². The van der Waals surface area contributed by atoms with Crippen LogP contribution in [0.25, 0.3) is 6.08 Å². The average Bonchev–Trinajstić information content (AvgIpc) is 3.03. The van der Waals surface area contributed by atoms with Crippen molar-refractivity contribution in [1.29, 1.82) is 0 Å². The van der Waals surface area contributed by atoms with Crippen molar-refractivity contribution >= 4 is 27.8 Å². The largest absolute Gasteiger partial charge is 0.493 e. The van der Waals surface area contributed by atoms with Gasteiger partial charge >= 0.3 is 0 Å². The molecule has 0 bridgehead atoms. The molecule has 0 unspecified atom stereocenters. The summed E-state index contributed by atoms with van der Waals surface area (Å²) < 4.78 is 13.9. The first-order valence-electron chi connectivity index (χ1n) is 9.31. The minimum Gasteiger partial charge on any atom is -0.493 e. The summed E-state index contributed by atoms with van der Waals surface area (Å²) >= 11 is 3.51. The van der Waals surface area contributed by atoms with Gasteiger partial charge in [-0.2, -0.15) is 0 Å². The summed E-state index contributed by atoms with van der Waals surface area (Å²) in [6.07, 6.45) is 6.63. The lowest BCUT2D eigenvalue weighted by atomic mass is 10.1. The number of ketones is 1. The SMILES string of the molecule is COc1cc2c(cc1OC)C(=O)/C(=C/c1cc[n+](Cc3cccc(Br)c3)cc1)C2. The Morgan fingerprint density at radius 3 is 2.45 bits per heavy atom. The fourth-order valence-corrected chi connectivity index (χ4v) is 4.02. The lowest BCUT2D eigenvalue weighted by Gasteiger charge is -2.08. The maximum absolute atomic E-state index is 12.8. The van der Waals surface area contributed by atoms with Crippen LogP contribution in [0.15, 0.2) is 71.0 Å². The summed E-state index contributed by atoms with van der Waals surface area (Å²) in [4.78, 5) is 12.8. The third-order valence-corrected chi connectivity index (χ3v) is 5.53. The number of fused-ring (bicyclic) bond motifs is 1. The molecular weight excluding hydrogens is 430 g/mol. The number of nitrogens with zero attached hydrogens (tertiary/aromatic N) is 1. The lowest BCUT2D eigenvalue weighted by molar-refractivity contribution is -0.688. The minimum absolute atomic E-state index is 0.0480. The molecule has 0 amide bonds. The Kier molecular flexibility index (Phi) is 5.49. The van der Waals surface area contributed by atoms with E-state index in [4.69, 9.17) is 9.47 Å². The van der Waals surface area contributed by atoms with E-state index in [2.05, 4.69) is 32.6 Å². The van der Waals surface area contributed by atoms with Crippen LogP contribution in [0, 0.1) is 0 Å². The highest BCUT2D eigenvalue weighted by Gasteiger charge is 2.27. The monoisotopic (exact) mass is 450 g/mol. The van der Waals surface area contributed by atoms with E-state index in [1.165, 1.54) is 5.56 Å². The van der Waals surface area contributed by atoms with Crippen LogP contribution >= 0.6 is 15.9 Å². The van der Waals surface area contributed by atoms with Crippen LogP contribution in [0.4, 0.5) is 0 Å². The molecule has 1 aromatic heterocycles. The van der Waals surface area contributed by atoms with Gasteiger partial charge in [0.2, 0.25) is 0 Å². The second-order valence-corrected chi connectivity index (χ2v) is 7.89. The van der Waals surface area contributed by atoms with Gasteiger partial charge < -0.3 is 9.47 Å². The van der Waals surface area contributed by atoms with E-state index < -0.39 is 0 Å². The molecule has 146 valence electrons. The van der Waals surface area contributed by atoms with Gasteiger partial charge in [0.1, 0.15) is 0 Å². The number of hydrogen-bond donors (Lipinski definition) is 0. The summed E-state index contributed by atoms with van der Waals surface area (Å²) in [5, 5.41) is 0. The van der Waals surface area contributed by atoms with E-state index in [-0.39, 0.29) is 5.78 Å². The quantitative estimate of drug-likeness (QED) is 0.420. The van der Waals surface area contributed by atoms with Gasteiger partial charge in [0, 0.05) is 39.7 Å². The van der Waals surface area contributed by atoms with Gasteiger partial charge in [-0.1, -0.05) is 28.1 Å². The first-order chi connectivity index (χ1) is 14.1. The molecule has 0 atom stereocenters. The van der Waals surface area contributed by atoms with Crippen LogP contribution in [0.3, 0.4) is 0 Å². The summed E-state index contributed by atoms with van der Waals surface area (Å²) in [6.45, 7) is 0.792. The van der Waals surface area contributed by atoms with Crippen LogP contribution in [-0.4, -0.2) is 20.0 Å². The maximum atomic E-state index is 12.8. The standard InChI is InChI=1S/C24H21BrNO3/c1-28-22-13-18-12-19(24(27)21(18)14-23(22)29-2)10-16-6-8-26(9-7-16)15-17-4-3-5-20(25)11-17/h3-11,13-14H,12,15H2,1-2H3/q+1/b19-10+. The first-order valence-corrected chi connectivity index (χ1v) is 10.1. The number of methoxy groups -OCH3 is 2. The molecule has 1 heterocycles. The predicted molar refractivity (Wildman–Crippen MR) is 115 cm³/mol. The molecule has 0 spiro atoms. The molecule has 0 fully saturated rings. The van der Waals surface area contributed by atoms with Gasteiger partial charge in [0.25, 0.3) is 0 Å². The molecule has 1 aliphatic carbocycles. The molecule has 0 N–H and O–H groups in total. The summed E-state index contributed by atoms with van der Waals surface area (Å²) in [5.41, 5.74) is 4.67. The number of rotatable bonds is 5. The highest BCUT2D eigenvalue weighted by Crippen LogP contribution is 2.36.